The van der Waals surface area contributed by atoms with Crippen LogP contribution in [0.25, 0.3) is 11.0 Å². The van der Waals surface area contributed by atoms with Crippen LogP contribution in [0, 0.1) is 5.82 Å². The van der Waals surface area contributed by atoms with Crippen molar-refractivity contribution in [3.8, 4) is 0 Å². The minimum Gasteiger partial charge on any atom is -0.452 e. The van der Waals surface area contributed by atoms with Crippen molar-refractivity contribution in [3.05, 3.63) is 59.2 Å². The summed E-state index contributed by atoms with van der Waals surface area (Å²) in [5.41, 5.74) is 2.44. The standard InChI is InChI=1S/C22H25FN4O3/c1-13(2)19-9-17(18-11-25-27(14(3)4)21(18)26-19)22(29)30-12-20(28)24-10-15-5-7-16(23)8-6-15/h5-9,11,13-14H,10,12H2,1-4H3,(H,24,28). The van der Waals surface area contributed by atoms with Crippen molar-refractivity contribution >= 4 is 22.9 Å². The van der Waals surface area contributed by atoms with E-state index < -0.39 is 18.5 Å². The van der Waals surface area contributed by atoms with Crippen molar-refractivity contribution in [2.75, 3.05) is 6.61 Å². The van der Waals surface area contributed by atoms with Crippen molar-refractivity contribution < 1.29 is 18.7 Å². The monoisotopic (exact) mass is 412 g/mol. The predicted octanol–water partition coefficient (Wildman–Crippen LogP) is 3.75. The van der Waals surface area contributed by atoms with E-state index in [0.29, 0.717) is 16.6 Å². The third-order valence-electron chi connectivity index (χ3n) is 4.62. The second-order valence-electron chi connectivity index (χ2n) is 7.65. The molecule has 3 aromatic rings. The highest BCUT2D eigenvalue weighted by Gasteiger charge is 2.20. The van der Waals surface area contributed by atoms with Gasteiger partial charge in [0.1, 0.15) is 5.82 Å². The molecule has 0 bridgehead atoms. The molecule has 1 N–H and O–H groups in total. The van der Waals surface area contributed by atoms with Crippen LogP contribution in [-0.4, -0.2) is 33.2 Å². The Morgan fingerprint density at radius 3 is 2.50 bits per heavy atom. The molecule has 30 heavy (non-hydrogen) atoms. The summed E-state index contributed by atoms with van der Waals surface area (Å²) < 4.78 is 19.9. The van der Waals surface area contributed by atoms with Gasteiger partial charge in [-0.3, -0.25) is 4.79 Å². The number of fused-ring (bicyclic) bond motifs is 1. The van der Waals surface area contributed by atoms with Crippen molar-refractivity contribution in [2.45, 2.75) is 46.2 Å². The third kappa shape index (κ3) is 4.82. The van der Waals surface area contributed by atoms with Gasteiger partial charge < -0.3 is 10.1 Å². The average Bonchev–Trinajstić information content (AvgIpc) is 3.15. The van der Waals surface area contributed by atoms with Crippen LogP contribution >= 0.6 is 0 Å². The summed E-state index contributed by atoms with van der Waals surface area (Å²) in [7, 11) is 0. The number of aromatic nitrogens is 3. The number of esters is 1. The number of nitrogens with zero attached hydrogens (tertiary/aromatic N) is 3. The normalized spacial score (nSPS) is 11.3. The summed E-state index contributed by atoms with van der Waals surface area (Å²) in [6.45, 7) is 7.75. The molecular weight excluding hydrogens is 387 g/mol. The maximum atomic E-state index is 12.9. The second kappa shape index (κ2) is 9.02. The molecule has 158 valence electrons. The molecule has 0 aliphatic rings. The first kappa shape index (κ1) is 21.4. The fourth-order valence-electron chi connectivity index (χ4n) is 2.94. The van der Waals surface area contributed by atoms with Gasteiger partial charge in [0.2, 0.25) is 0 Å². The molecule has 7 nitrogen and oxygen atoms in total. The number of hydrogen-bond donors (Lipinski definition) is 1. The maximum absolute atomic E-state index is 12.9. The zero-order valence-electron chi connectivity index (χ0n) is 17.5. The highest BCUT2D eigenvalue weighted by molar-refractivity contribution is 6.03. The maximum Gasteiger partial charge on any atom is 0.339 e. The summed E-state index contributed by atoms with van der Waals surface area (Å²) in [6.07, 6.45) is 1.59. The Hall–Kier alpha value is -3.29. The second-order valence-corrected chi connectivity index (χ2v) is 7.65. The Kier molecular flexibility index (Phi) is 6.44. The molecule has 1 amide bonds. The number of nitrogens with one attached hydrogen (secondary N) is 1. The number of amides is 1. The molecular formula is C22H25FN4O3. The van der Waals surface area contributed by atoms with Crippen molar-refractivity contribution in [1.82, 2.24) is 20.1 Å². The van der Waals surface area contributed by atoms with E-state index in [2.05, 4.69) is 15.4 Å². The molecule has 3 rings (SSSR count). The summed E-state index contributed by atoms with van der Waals surface area (Å²) >= 11 is 0. The largest absolute Gasteiger partial charge is 0.452 e. The topological polar surface area (TPSA) is 86.1 Å². The van der Waals surface area contributed by atoms with Crippen molar-refractivity contribution in [3.63, 3.8) is 0 Å². The van der Waals surface area contributed by atoms with E-state index in [-0.39, 0.29) is 24.3 Å². The van der Waals surface area contributed by atoms with Crippen LogP contribution in [0.4, 0.5) is 4.39 Å². The average molecular weight is 412 g/mol. The SMILES string of the molecule is CC(C)c1cc(C(=O)OCC(=O)NCc2ccc(F)cc2)c2cnn(C(C)C)c2n1. The molecule has 2 aromatic heterocycles. The number of pyridine rings is 1. The van der Waals surface area contributed by atoms with E-state index in [1.54, 1.807) is 29.1 Å². The molecule has 0 unspecified atom stereocenters. The minimum atomic E-state index is -0.607. The van der Waals surface area contributed by atoms with Gasteiger partial charge in [0.15, 0.2) is 12.3 Å². The van der Waals surface area contributed by atoms with Crippen molar-refractivity contribution in [1.29, 1.82) is 0 Å². The van der Waals surface area contributed by atoms with Crippen LogP contribution in [-0.2, 0) is 16.1 Å². The van der Waals surface area contributed by atoms with E-state index in [9.17, 15) is 14.0 Å². The fraction of sp³-hybridized carbons (Fsp3) is 0.364. The molecule has 0 saturated heterocycles. The van der Waals surface area contributed by atoms with Crippen LogP contribution in [0.1, 0.15) is 61.3 Å². The molecule has 1 aromatic carbocycles. The highest BCUT2D eigenvalue weighted by Crippen LogP contribution is 2.24. The van der Waals surface area contributed by atoms with Gasteiger partial charge in [0.25, 0.3) is 5.91 Å². The fourth-order valence-corrected chi connectivity index (χ4v) is 2.94. The Morgan fingerprint density at radius 2 is 1.87 bits per heavy atom. The van der Waals surface area contributed by atoms with Gasteiger partial charge in [0, 0.05) is 18.3 Å². The molecule has 0 aliphatic carbocycles. The van der Waals surface area contributed by atoms with Crippen LogP contribution in [0.2, 0.25) is 0 Å². The smallest absolute Gasteiger partial charge is 0.339 e. The summed E-state index contributed by atoms with van der Waals surface area (Å²) in [5.74, 6) is -1.29. The molecule has 0 fully saturated rings. The lowest BCUT2D eigenvalue weighted by Crippen LogP contribution is -2.28. The zero-order valence-corrected chi connectivity index (χ0v) is 17.5. The number of halogens is 1. The van der Waals surface area contributed by atoms with E-state index >= 15 is 0 Å². The number of carbonyl (C=O) groups is 2. The molecule has 8 heteroatoms. The Labute approximate surface area is 174 Å². The molecule has 0 spiro atoms. The van der Waals surface area contributed by atoms with E-state index in [0.717, 1.165) is 11.3 Å². The van der Waals surface area contributed by atoms with E-state index in [4.69, 9.17) is 4.74 Å². The number of carbonyl (C=O) groups excluding carboxylic acids is 2. The zero-order chi connectivity index (χ0) is 21.8. The number of benzene rings is 1. The third-order valence-corrected chi connectivity index (χ3v) is 4.62. The predicted molar refractivity (Wildman–Crippen MR) is 111 cm³/mol. The molecule has 0 radical (unpaired) electrons. The van der Waals surface area contributed by atoms with Gasteiger partial charge >= 0.3 is 5.97 Å². The minimum absolute atomic E-state index is 0.0820. The summed E-state index contributed by atoms with van der Waals surface area (Å²) in [4.78, 5) is 29.4. The van der Waals surface area contributed by atoms with Crippen LogP contribution < -0.4 is 5.32 Å². The lowest BCUT2D eigenvalue weighted by molar-refractivity contribution is -0.124. The van der Waals surface area contributed by atoms with Gasteiger partial charge in [-0.15, -0.1) is 0 Å². The Morgan fingerprint density at radius 1 is 1.17 bits per heavy atom. The van der Waals surface area contributed by atoms with E-state index in [1.807, 2.05) is 27.7 Å². The molecule has 0 aliphatic heterocycles. The Balaban J connectivity index is 1.71. The number of ether oxygens (including phenoxy) is 1. The first-order valence-corrected chi connectivity index (χ1v) is 9.82. The lowest BCUT2D eigenvalue weighted by Gasteiger charge is -2.12. The molecule has 0 saturated carbocycles. The van der Waals surface area contributed by atoms with Crippen LogP contribution in [0.5, 0.6) is 0 Å². The summed E-state index contributed by atoms with van der Waals surface area (Å²) in [6, 6.07) is 7.57. The van der Waals surface area contributed by atoms with Crippen molar-refractivity contribution in [2.24, 2.45) is 0 Å². The number of rotatable bonds is 7. The molecule has 2 heterocycles. The lowest BCUT2D eigenvalue weighted by atomic mass is 10.1. The highest BCUT2D eigenvalue weighted by atomic mass is 19.1. The quantitative estimate of drug-likeness (QED) is 0.598. The van der Waals surface area contributed by atoms with Gasteiger partial charge in [-0.2, -0.15) is 5.10 Å². The van der Waals surface area contributed by atoms with Crippen LogP contribution in [0.3, 0.4) is 0 Å². The van der Waals surface area contributed by atoms with Crippen LogP contribution in [0.15, 0.2) is 36.5 Å². The van der Waals surface area contributed by atoms with Gasteiger partial charge in [0.05, 0.1) is 17.1 Å². The summed E-state index contributed by atoms with van der Waals surface area (Å²) in [5, 5.41) is 7.57. The first-order valence-electron chi connectivity index (χ1n) is 9.82. The van der Waals surface area contributed by atoms with Gasteiger partial charge in [-0.1, -0.05) is 26.0 Å². The van der Waals surface area contributed by atoms with Gasteiger partial charge in [-0.25, -0.2) is 18.9 Å². The van der Waals surface area contributed by atoms with Gasteiger partial charge in [-0.05, 0) is 43.5 Å². The molecule has 0 atom stereocenters. The number of hydrogen-bond acceptors (Lipinski definition) is 5. The Bertz CT molecular complexity index is 1060. The van der Waals surface area contributed by atoms with E-state index in [1.165, 1.54) is 12.1 Å². The first-order chi connectivity index (χ1) is 14.3.